The quantitative estimate of drug-likeness (QED) is 0.759. The molecule has 6 nitrogen and oxygen atoms in total. The fourth-order valence-electron chi connectivity index (χ4n) is 2.45. The molecule has 3 aromatic rings. The van der Waals surface area contributed by atoms with Gasteiger partial charge in [-0.2, -0.15) is 0 Å². The molecule has 24 heavy (non-hydrogen) atoms. The fourth-order valence-corrected chi connectivity index (χ4v) is 3.08. The van der Waals surface area contributed by atoms with Crippen molar-refractivity contribution in [1.82, 2.24) is 9.97 Å². The van der Waals surface area contributed by atoms with Gasteiger partial charge in [-0.1, -0.05) is 24.3 Å². The molecule has 0 bridgehead atoms. The minimum absolute atomic E-state index is 0.150. The predicted octanol–water partition coefficient (Wildman–Crippen LogP) is 2.50. The highest BCUT2D eigenvalue weighted by Crippen LogP contribution is 2.19. The number of anilines is 1. The minimum Gasteiger partial charge on any atom is -0.349 e. The monoisotopic (exact) mass is 343 g/mol. The number of para-hydroxylation sites is 1. The molecule has 0 aliphatic carbocycles. The van der Waals surface area contributed by atoms with E-state index in [0.29, 0.717) is 16.9 Å². The van der Waals surface area contributed by atoms with Crippen LogP contribution < -0.4 is 10.9 Å². The highest BCUT2D eigenvalue weighted by molar-refractivity contribution is 7.90. The molecule has 1 unspecified atom stereocenters. The average Bonchev–Trinajstić information content (AvgIpc) is 2.54. The van der Waals surface area contributed by atoms with Crippen molar-refractivity contribution in [3.05, 3.63) is 64.4 Å². The Balaban J connectivity index is 1.87. The van der Waals surface area contributed by atoms with Crippen molar-refractivity contribution in [2.45, 2.75) is 17.9 Å². The Morgan fingerprint density at radius 3 is 2.42 bits per heavy atom. The molecule has 1 heterocycles. The molecule has 0 saturated heterocycles. The fraction of sp³-hybridized carbons (Fsp3) is 0.176. The first-order valence-corrected chi connectivity index (χ1v) is 9.29. The van der Waals surface area contributed by atoms with Gasteiger partial charge >= 0.3 is 0 Å². The molecule has 124 valence electrons. The summed E-state index contributed by atoms with van der Waals surface area (Å²) >= 11 is 0. The molecule has 3 rings (SSSR count). The summed E-state index contributed by atoms with van der Waals surface area (Å²) in [5.41, 5.74) is 1.30. The second-order valence-electron chi connectivity index (χ2n) is 5.64. The number of hydrogen-bond donors (Lipinski definition) is 2. The summed E-state index contributed by atoms with van der Waals surface area (Å²) in [4.78, 5) is 19.5. The number of benzene rings is 2. The van der Waals surface area contributed by atoms with Gasteiger partial charge in [0.2, 0.25) is 5.95 Å². The molecular weight excluding hydrogens is 326 g/mol. The van der Waals surface area contributed by atoms with E-state index in [1.54, 1.807) is 42.5 Å². The first-order valence-electron chi connectivity index (χ1n) is 7.40. The van der Waals surface area contributed by atoms with Gasteiger partial charge in [-0.25, -0.2) is 13.4 Å². The van der Waals surface area contributed by atoms with Crippen LogP contribution in [-0.2, 0) is 9.84 Å². The molecule has 1 aromatic heterocycles. The molecule has 0 aliphatic heterocycles. The highest BCUT2D eigenvalue weighted by atomic mass is 32.2. The van der Waals surface area contributed by atoms with Crippen LogP contribution in [0, 0.1) is 0 Å². The zero-order valence-corrected chi connectivity index (χ0v) is 14.1. The summed E-state index contributed by atoms with van der Waals surface area (Å²) in [5, 5.41) is 3.67. The van der Waals surface area contributed by atoms with Gasteiger partial charge in [0, 0.05) is 6.26 Å². The van der Waals surface area contributed by atoms with Crippen LogP contribution in [0.1, 0.15) is 18.5 Å². The molecule has 0 saturated carbocycles. The second kappa shape index (κ2) is 6.09. The lowest BCUT2D eigenvalue weighted by atomic mass is 10.1. The van der Waals surface area contributed by atoms with E-state index < -0.39 is 9.84 Å². The highest BCUT2D eigenvalue weighted by Gasteiger charge is 2.11. The number of aromatic amines is 1. The predicted molar refractivity (Wildman–Crippen MR) is 94.0 cm³/mol. The smallest absolute Gasteiger partial charge is 0.260 e. The van der Waals surface area contributed by atoms with Crippen molar-refractivity contribution in [2.24, 2.45) is 0 Å². The minimum atomic E-state index is -3.21. The molecule has 2 aromatic carbocycles. The lowest BCUT2D eigenvalue weighted by molar-refractivity contribution is 0.602. The molecule has 0 amide bonds. The maximum Gasteiger partial charge on any atom is 0.260 e. The maximum absolute atomic E-state index is 12.1. The Morgan fingerprint density at radius 1 is 1.08 bits per heavy atom. The molecule has 7 heteroatoms. The number of sulfone groups is 1. The SMILES string of the molecule is CC(Nc1nc2ccccc2c(=O)[nH]1)c1ccc(S(C)(=O)=O)cc1. The van der Waals surface area contributed by atoms with Gasteiger partial charge in [0.05, 0.1) is 21.8 Å². The molecule has 2 N–H and O–H groups in total. The van der Waals surface area contributed by atoms with Gasteiger partial charge in [0.25, 0.3) is 5.56 Å². The summed E-state index contributed by atoms with van der Waals surface area (Å²) in [6, 6.07) is 13.6. The van der Waals surface area contributed by atoms with Crippen molar-refractivity contribution >= 4 is 26.7 Å². The molecule has 1 atom stereocenters. The van der Waals surface area contributed by atoms with Gasteiger partial charge in [-0.05, 0) is 36.8 Å². The number of nitrogens with one attached hydrogen (secondary N) is 2. The van der Waals surface area contributed by atoms with E-state index >= 15 is 0 Å². The van der Waals surface area contributed by atoms with Crippen molar-refractivity contribution in [1.29, 1.82) is 0 Å². The third-order valence-electron chi connectivity index (χ3n) is 3.77. The van der Waals surface area contributed by atoms with E-state index in [9.17, 15) is 13.2 Å². The molecular formula is C17H17N3O3S. The summed E-state index contributed by atoms with van der Waals surface area (Å²) in [7, 11) is -3.21. The summed E-state index contributed by atoms with van der Waals surface area (Å²) < 4.78 is 23.0. The summed E-state index contributed by atoms with van der Waals surface area (Å²) in [6.07, 6.45) is 1.17. The zero-order chi connectivity index (χ0) is 17.3. The normalized spacial score (nSPS) is 12.9. The number of aromatic nitrogens is 2. The Bertz CT molecular complexity index is 1040. The van der Waals surface area contributed by atoms with Crippen LogP contribution in [0.2, 0.25) is 0 Å². The van der Waals surface area contributed by atoms with E-state index in [4.69, 9.17) is 0 Å². The zero-order valence-electron chi connectivity index (χ0n) is 13.3. The summed E-state index contributed by atoms with van der Waals surface area (Å²) in [5.74, 6) is 0.374. The lowest BCUT2D eigenvalue weighted by Crippen LogP contribution is -2.15. The van der Waals surface area contributed by atoms with Crippen LogP contribution in [0.15, 0.2) is 58.2 Å². The lowest BCUT2D eigenvalue weighted by Gasteiger charge is -2.15. The van der Waals surface area contributed by atoms with Gasteiger partial charge < -0.3 is 5.32 Å². The van der Waals surface area contributed by atoms with E-state index in [0.717, 1.165) is 5.56 Å². The van der Waals surface area contributed by atoms with Crippen LogP contribution in [0.4, 0.5) is 5.95 Å². The number of rotatable bonds is 4. The topological polar surface area (TPSA) is 91.9 Å². The number of fused-ring (bicyclic) bond motifs is 1. The Hall–Kier alpha value is -2.67. The van der Waals surface area contributed by atoms with Crippen LogP contribution >= 0.6 is 0 Å². The molecule has 0 radical (unpaired) electrons. The first kappa shape index (κ1) is 16.2. The van der Waals surface area contributed by atoms with Crippen LogP contribution in [0.5, 0.6) is 0 Å². The first-order chi connectivity index (χ1) is 11.3. The van der Waals surface area contributed by atoms with Crippen molar-refractivity contribution < 1.29 is 8.42 Å². The number of hydrogen-bond acceptors (Lipinski definition) is 5. The average molecular weight is 343 g/mol. The summed E-state index contributed by atoms with van der Waals surface area (Å²) in [6.45, 7) is 1.91. The van der Waals surface area contributed by atoms with Crippen molar-refractivity contribution in [3.63, 3.8) is 0 Å². The van der Waals surface area contributed by atoms with Crippen LogP contribution in [-0.4, -0.2) is 24.6 Å². The van der Waals surface area contributed by atoms with E-state index in [1.807, 2.05) is 13.0 Å². The Labute approximate surface area is 139 Å². The number of nitrogens with zero attached hydrogens (tertiary/aromatic N) is 1. The van der Waals surface area contributed by atoms with Crippen LogP contribution in [0.25, 0.3) is 10.9 Å². The van der Waals surface area contributed by atoms with Gasteiger partial charge in [-0.3, -0.25) is 9.78 Å². The van der Waals surface area contributed by atoms with Gasteiger partial charge in [-0.15, -0.1) is 0 Å². The van der Waals surface area contributed by atoms with Crippen molar-refractivity contribution in [3.8, 4) is 0 Å². The largest absolute Gasteiger partial charge is 0.349 e. The third-order valence-corrected chi connectivity index (χ3v) is 4.90. The Kier molecular flexibility index (Phi) is 4.11. The standard InChI is InChI=1S/C17H17N3O3S/c1-11(12-7-9-13(10-8-12)24(2,22)23)18-17-19-15-6-4-3-5-14(15)16(21)20-17/h3-11H,1-2H3,(H2,18,19,20,21). The molecule has 0 fully saturated rings. The van der Waals surface area contributed by atoms with Gasteiger partial charge in [0.1, 0.15) is 0 Å². The molecule has 0 aliphatic rings. The van der Waals surface area contributed by atoms with E-state index in [1.165, 1.54) is 6.26 Å². The Morgan fingerprint density at radius 2 is 1.75 bits per heavy atom. The number of H-pyrrole nitrogens is 1. The van der Waals surface area contributed by atoms with E-state index in [2.05, 4.69) is 15.3 Å². The maximum atomic E-state index is 12.1. The van der Waals surface area contributed by atoms with Gasteiger partial charge in [0.15, 0.2) is 9.84 Å². The van der Waals surface area contributed by atoms with E-state index in [-0.39, 0.29) is 16.5 Å². The van der Waals surface area contributed by atoms with Crippen molar-refractivity contribution in [2.75, 3.05) is 11.6 Å². The van der Waals surface area contributed by atoms with Crippen LogP contribution in [0.3, 0.4) is 0 Å². The third kappa shape index (κ3) is 3.30. The second-order valence-corrected chi connectivity index (χ2v) is 7.65. The molecule has 0 spiro atoms.